The smallest absolute Gasteiger partial charge is 0.160 e. The molecule has 0 amide bonds. The summed E-state index contributed by atoms with van der Waals surface area (Å²) in [6, 6.07) is 0. The first-order valence-corrected chi connectivity index (χ1v) is 5.69. The Labute approximate surface area is 95.7 Å². The minimum atomic E-state index is -0.522. The van der Waals surface area contributed by atoms with E-state index >= 15 is 0 Å². The Morgan fingerprint density at radius 1 is 1.56 bits per heavy atom. The molecule has 0 saturated carbocycles. The number of aromatic nitrogens is 2. The Kier molecular flexibility index (Phi) is 2.95. The van der Waals surface area contributed by atoms with Crippen molar-refractivity contribution in [2.24, 2.45) is 0 Å². The van der Waals surface area contributed by atoms with Crippen molar-refractivity contribution < 1.29 is 9.84 Å². The average molecular weight is 222 g/mol. The van der Waals surface area contributed by atoms with Gasteiger partial charge >= 0.3 is 0 Å². The third kappa shape index (κ3) is 1.95. The van der Waals surface area contributed by atoms with Gasteiger partial charge < -0.3 is 9.84 Å². The maximum atomic E-state index is 9.51. The van der Waals surface area contributed by atoms with Crippen LogP contribution in [0.5, 0.6) is 0 Å². The lowest BCUT2D eigenvalue weighted by molar-refractivity contribution is 0.00903. The molecule has 1 unspecified atom stereocenters. The summed E-state index contributed by atoms with van der Waals surface area (Å²) in [6.07, 6.45) is 3.19. The summed E-state index contributed by atoms with van der Waals surface area (Å²) in [5, 5.41) is 9.51. The molecule has 1 fully saturated rings. The van der Waals surface area contributed by atoms with E-state index < -0.39 is 6.10 Å². The topological polar surface area (TPSA) is 55.2 Å². The van der Waals surface area contributed by atoms with Crippen molar-refractivity contribution in [1.82, 2.24) is 9.97 Å². The fourth-order valence-electron chi connectivity index (χ4n) is 2.10. The van der Waals surface area contributed by atoms with E-state index in [0.717, 1.165) is 36.5 Å². The fraction of sp³-hybridized carbons (Fsp3) is 0.667. The van der Waals surface area contributed by atoms with Crippen LogP contribution in [0.1, 0.15) is 49.9 Å². The van der Waals surface area contributed by atoms with Gasteiger partial charge in [0.2, 0.25) is 0 Å². The summed E-state index contributed by atoms with van der Waals surface area (Å²) in [7, 11) is 0. The molecule has 0 bridgehead atoms. The Hall–Kier alpha value is -1.00. The second kappa shape index (κ2) is 4.11. The predicted molar refractivity (Wildman–Crippen MR) is 59.9 cm³/mol. The van der Waals surface area contributed by atoms with Gasteiger partial charge in [-0.1, -0.05) is 0 Å². The maximum absolute atomic E-state index is 9.51. The molecule has 1 aromatic heterocycles. The van der Waals surface area contributed by atoms with Gasteiger partial charge in [-0.2, -0.15) is 0 Å². The SMILES string of the molecule is Cc1nc(C2(C)CCCO2)ncc1[C@H](C)O. The van der Waals surface area contributed by atoms with E-state index in [9.17, 15) is 5.11 Å². The number of aryl methyl sites for hydroxylation is 1. The molecular formula is C12H18N2O2. The summed E-state index contributed by atoms with van der Waals surface area (Å²) in [6.45, 7) is 6.42. The van der Waals surface area contributed by atoms with Gasteiger partial charge in [-0.3, -0.25) is 0 Å². The Balaban J connectivity index is 2.34. The number of hydrogen-bond donors (Lipinski definition) is 1. The van der Waals surface area contributed by atoms with Crippen LogP contribution in [-0.4, -0.2) is 21.7 Å². The number of aliphatic hydroxyl groups excluding tert-OH is 1. The Morgan fingerprint density at radius 3 is 2.81 bits per heavy atom. The normalized spacial score (nSPS) is 27.0. The molecular weight excluding hydrogens is 204 g/mol. The van der Waals surface area contributed by atoms with Gasteiger partial charge in [-0.15, -0.1) is 0 Å². The summed E-state index contributed by atoms with van der Waals surface area (Å²) in [5.41, 5.74) is 1.27. The molecule has 1 saturated heterocycles. The number of ether oxygens (including phenoxy) is 1. The molecule has 4 nitrogen and oxygen atoms in total. The van der Waals surface area contributed by atoms with Crippen molar-refractivity contribution in [2.75, 3.05) is 6.61 Å². The first-order chi connectivity index (χ1) is 7.53. The molecule has 2 atom stereocenters. The van der Waals surface area contributed by atoms with Crippen molar-refractivity contribution in [3.8, 4) is 0 Å². The second-order valence-electron chi connectivity index (χ2n) is 4.59. The molecule has 1 aromatic rings. The van der Waals surface area contributed by atoms with Gasteiger partial charge in [0.15, 0.2) is 5.82 Å². The van der Waals surface area contributed by atoms with Crippen LogP contribution in [-0.2, 0) is 10.3 Å². The van der Waals surface area contributed by atoms with Crippen LogP contribution >= 0.6 is 0 Å². The van der Waals surface area contributed by atoms with E-state index in [1.54, 1.807) is 13.1 Å². The molecule has 1 N–H and O–H groups in total. The zero-order chi connectivity index (χ0) is 11.8. The lowest BCUT2D eigenvalue weighted by Crippen LogP contribution is -2.24. The summed E-state index contributed by atoms with van der Waals surface area (Å²) in [4.78, 5) is 8.77. The Bertz CT molecular complexity index is 385. The maximum Gasteiger partial charge on any atom is 0.160 e. The van der Waals surface area contributed by atoms with Crippen LogP contribution in [0, 0.1) is 6.92 Å². The van der Waals surface area contributed by atoms with Gasteiger partial charge in [-0.25, -0.2) is 9.97 Å². The predicted octanol–water partition coefficient (Wildman–Crippen LogP) is 1.86. The van der Waals surface area contributed by atoms with E-state index in [4.69, 9.17) is 4.74 Å². The highest BCUT2D eigenvalue weighted by Crippen LogP contribution is 2.33. The Morgan fingerprint density at radius 2 is 2.31 bits per heavy atom. The highest BCUT2D eigenvalue weighted by atomic mass is 16.5. The van der Waals surface area contributed by atoms with Gasteiger partial charge in [0.1, 0.15) is 5.60 Å². The monoisotopic (exact) mass is 222 g/mol. The third-order valence-electron chi connectivity index (χ3n) is 3.16. The minimum absolute atomic E-state index is 0.345. The van der Waals surface area contributed by atoms with Crippen LogP contribution in [0.3, 0.4) is 0 Å². The van der Waals surface area contributed by atoms with E-state index in [1.165, 1.54) is 0 Å². The fourth-order valence-corrected chi connectivity index (χ4v) is 2.10. The summed E-state index contributed by atoms with van der Waals surface area (Å²) >= 11 is 0. The molecule has 88 valence electrons. The van der Waals surface area contributed by atoms with Crippen molar-refractivity contribution >= 4 is 0 Å². The van der Waals surface area contributed by atoms with E-state index in [0.29, 0.717) is 0 Å². The third-order valence-corrected chi connectivity index (χ3v) is 3.16. The van der Waals surface area contributed by atoms with Crippen LogP contribution in [0.15, 0.2) is 6.20 Å². The molecule has 0 aromatic carbocycles. The van der Waals surface area contributed by atoms with Crippen LogP contribution in [0.4, 0.5) is 0 Å². The highest BCUT2D eigenvalue weighted by Gasteiger charge is 2.34. The van der Waals surface area contributed by atoms with E-state index in [-0.39, 0.29) is 5.60 Å². The van der Waals surface area contributed by atoms with Gasteiger partial charge in [0.05, 0.1) is 6.10 Å². The van der Waals surface area contributed by atoms with Gasteiger partial charge in [0, 0.05) is 24.1 Å². The quantitative estimate of drug-likeness (QED) is 0.830. The van der Waals surface area contributed by atoms with Crippen molar-refractivity contribution in [1.29, 1.82) is 0 Å². The van der Waals surface area contributed by atoms with E-state index in [1.807, 2.05) is 13.8 Å². The van der Waals surface area contributed by atoms with Crippen LogP contribution in [0.2, 0.25) is 0 Å². The molecule has 1 aliphatic heterocycles. The minimum Gasteiger partial charge on any atom is -0.389 e. The molecule has 2 heterocycles. The number of nitrogens with zero attached hydrogens (tertiary/aromatic N) is 2. The van der Waals surface area contributed by atoms with Gasteiger partial charge in [0.25, 0.3) is 0 Å². The molecule has 0 spiro atoms. The van der Waals surface area contributed by atoms with E-state index in [2.05, 4.69) is 9.97 Å². The summed E-state index contributed by atoms with van der Waals surface area (Å²) < 4.78 is 5.69. The molecule has 0 aliphatic carbocycles. The first-order valence-electron chi connectivity index (χ1n) is 5.69. The molecule has 1 aliphatic rings. The zero-order valence-corrected chi connectivity index (χ0v) is 10.0. The molecule has 16 heavy (non-hydrogen) atoms. The lowest BCUT2D eigenvalue weighted by atomic mass is 10.0. The average Bonchev–Trinajstić information content (AvgIpc) is 2.66. The first kappa shape index (κ1) is 11.5. The molecule has 2 rings (SSSR count). The van der Waals surface area contributed by atoms with Crippen LogP contribution < -0.4 is 0 Å². The lowest BCUT2D eigenvalue weighted by Gasteiger charge is -2.22. The van der Waals surface area contributed by atoms with Crippen molar-refractivity contribution in [3.05, 3.63) is 23.3 Å². The highest BCUT2D eigenvalue weighted by molar-refractivity contribution is 5.20. The molecule has 0 radical (unpaired) electrons. The van der Waals surface area contributed by atoms with Crippen molar-refractivity contribution in [2.45, 2.75) is 45.3 Å². The van der Waals surface area contributed by atoms with Crippen molar-refractivity contribution in [3.63, 3.8) is 0 Å². The van der Waals surface area contributed by atoms with Crippen LogP contribution in [0.25, 0.3) is 0 Å². The number of hydrogen-bond acceptors (Lipinski definition) is 4. The zero-order valence-electron chi connectivity index (χ0n) is 10.0. The second-order valence-corrected chi connectivity index (χ2v) is 4.59. The largest absolute Gasteiger partial charge is 0.389 e. The standard InChI is InChI=1S/C12H18N2O2/c1-8-10(9(2)15)7-13-11(14-8)12(3)5-4-6-16-12/h7,9,15H,4-6H2,1-3H3/t9-,12?/m0/s1. The van der Waals surface area contributed by atoms with Gasteiger partial charge in [-0.05, 0) is 33.6 Å². The summed E-state index contributed by atoms with van der Waals surface area (Å²) in [5.74, 6) is 0.729. The number of rotatable bonds is 2. The molecule has 4 heteroatoms. The number of aliphatic hydroxyl groups is 1.